The quantitative estimate of drug-likeness (QED) is 0.748. The number of anilines is 2. The van der Waals surface area contributed by atoms with Gasteiger partial charge in [0.25, 0.3) is 5.91 Å². The Balaban J connectivity index is 1.60. The molecule has 5 nitrogen and oxygen atoms in total. The minimum Gasteiger partial charge on any atom is -0.367 e. The molecule has 0 spiro atoms. The van der Waals surface area contributed by atoms with Gasteiger partial charge in [-0.15, -0.1) is 0 Å². The monoisotopic (exact) mass is 380 g/mol. The molecule has 1 N–H and O–H groups in total. The van der Waals surface area contributed by atoms with Gasteiger partial charge in [-0.05, 0) is 37.4 Å². The zero-order chi connectivity index (χ0) is 18.8. The van der Waals surface area contributed by atoms with E-state index in [9.17, 15) is 4.79 Å². The van der Waals surface area contributed by atoms with E-state index in [-0.39, 0.29) is 5.91 Å². The van der Waals surface area contributed by atoms with Crippen LogP contribution in [0.2, 0.25) is 5.02 Å². The average molecular weight is 381 g/mol. The van der Waals surface area contributed by atoms with Crippen molar-refractivity contribution >= 4 is 39.8 Å². The number of nitrogens with one attached hydrogen (secondary N) is 1. The molecule has 0 saturated carbocycles. The van der Waals surface area contributed by atoms with Crippen molar-refractivity contribution in [1.29, 1.82) is 0 Å². The molecule has 0 bridgehead atoms. The van der Waals surface area contributed by atoms with Crippen molar-refractivity contribution in [3.05, 3.63) is 65.3 Å². The SMILES string of the molecule is CN1CCN(c2ccc(Cl)cc2NC(=O)c2ccc3ccccc3n2)CC1. The molecular formula is C21H21ClN4O. The molecule has 3 aromatic rings. The first-order valence-electron chi connectivity index (χ1n) is 9.00. The number of para-hydroxylation sites is 1. The minimum absolute atomic E-state index is 0.238. The van der Waals surface area contributed by atoms with Crippen LogP contribution in [-0.2, 0) is 0 Å². The van der Waals surface area contributed by atoms with Crippen LogP contribution >= 0.6 is 11.6 Å². The normalized spacial score (nSPS) is 15.1. The predicted octanol–water partition coefficient (Wildman–Crippen LogP) is 3.89. The summed E-state index contributed by atoms with van der Waals surface area (Å²) in [6.07, 6.45) is 0. The molecule has 1 aliphatic heterocycles. The third-order valence-corrected chi connectivity index (χ3v) is 5.12. The first-order chi connectivity index (χ1) is 13.1. The molecule has 27 heavy (non-hydrogen) atoms. The van der Waals surface area contributed by atoms with Gasteiger partial charge in [0.15, 0.2) is 0 Å². The third-order valence-electron chi connectivity index (χ3n) is 4.88. The number of halogens is 1. The topological polar surface area (TPSA) is 48.5 Å². The van der Waals surface area contributed by atoms with E-state index in [2.05, 4.69) is 27.1 Å². The Morgan fingerprint density at radius 1 is 1.04 bits per heavy atom. The van der Waals surface area contributed by atoms with Gasteiger partial charge in [0.2, 0.25) is 0 Å². The van der Waals surface area contributed by atoms with Crippen molar-refractivity contribution in [3.63, 3.8) is 0 Å². The summed E-state index contributed by atoms with van der Waals surface area (Å²) in [7, 11) is 2.12. The third kappa shape index (κ3) is 3.89. The number of carbonyl (C=O) groups excluding carboxylic acids is 1. The van der Waals surface area contributed by atoms with Crippen molar-refractivity contribution in [2.24, 2.45) is 0 Å². The lowest BCUT2D eigenvalue weighted by Crippen LogP contribution is -2.44. The Hall–Kier alpha value is -2.63. The van der Waals surface area contributed by atoms with E-state index in [4.69, 9.17) is 11.6 Å². The first kappa shape index (κ1) is 17.8. The van der Waals surface area contributed by atoms with Crippen LogP contribution in [0.3, 0.4) is 0 Å². The van der Waals surface area contributed by atoms with Crippen molar-refractivity contribution < 1.29 is 4.79 Å². The second-order valence-electron chi connectivity index (χ2n) is 6.80. The van der Waals surface area contributed by atoms with Crippen LogP contribution in [0.4, 0.5) is 11.4 Å². The van der Waals surface area contributed by atoms with Gasteiger partial charge in [0.1, 0.15) is 5.69 Å². The van der Waals surface area contributed by atoms with Gasteiger partial charge in [-0.25, -0.2) is 4.98 Å². The van der Waals surface area contributed by atoms with E-state index in [1.54, 1.807) is 12.1 Å². The van der Waals surface area contributed by atoms with Crippen LogP contribution in [0.1, 0.15) is 10.5 Å². The first-order valence-corrected chi connectivity index (χ1v) is 9.38. The molecule has 0 aliphatic carbocycles. The smallest absolute Gasteiger partial charge is 0.274 e. The van der Waals surface area contributed by atoms with Crippen molar-refractivity contribution in [2.45, 2.75) is 0 Å². The van der Waals surface area contributed by atoms with Crippen molar-refractivity contribution in [2.75, 3.05) is 43.4 Å². The van der Waals surface area contributed by atoms with Gasteiger partial charge in [0.05, 0.1) is 16.9 Å². The number of pyridine rings is 1. The fourth-order valence-corrected chi connectivity index (χ4v) is 3.48. The molecule has 1 fully saturated rings. The van der Waals surface area contributed by atoms with Crippen LogP contribution in [-0.4, -0.2) is 49.0 Å². The number of nitrogens with zero attached hydrogens (tertiary/aromatic N) is 3. The number of hydrogen-bond donors (Lipinski definition) is 1. The lowest BCUT2D eigenvalue weighted by Gasteiger charge is -2.35. The molecule has 1 aromatic heterocycles. The van der Waals surface area contributed by atoms with Crippen LogP contribution in [0.5, 0.6) is 0 Å². The Morgan fingerprint density at radius 2 is 1.81 bits per heavy atom. The molecule has 1 saturated heterocycles. The molecular weight excluding hydrogens is 360 g/mol. The van der Waals surface area contributed by atoms with Crippen molar-refractivity contribution in [3.8, 4) is 0 Å². The van der Waals surface area contributed by atoms with Gasteiger partial charge in [0, 0.05) is 36.6 Å². The molecule has 1 aliphatic rings. The summed E-state index contributed by atoms with van der Waals surface area (Å²) >= 11 is 6.19. The lowest BCUT2D eigenvalue weighted by molar-refractivity contribution is 0.102. The van der Waals surface area contributed by atoms with E-state index in [0.717, 1.165) is 42.8 Å². The average Bonchev–Trinajstić information content (AvgIpc) is 2.68. The highest BCUT2D eigenvalue weighted by atomic mass is 35.5. The second-order valence-corrected chi connectivity index (χ2v) is 7.23. The molecule has 2 heterocycles. The Labute approximate surface area is 163 Å². The predicted molar refractivity (Wildman–Crippen MR) is 111 cm³/mol. The van der Waals surface area contributed by atoms with E-state index in [1.807, 2.05) is 42.5 Å². The number of rotatable bonds is 3. The number of hydrogen-bond acceptors (Lipinski definition) is 4. The Morgan fingerprint density at radius 3 is 2.63 bits per heavy atom. The second kappa shape index (κ2) is 7.55. The summed E-state index contributed by atoms with van der Waals surface area (Å²) < 4.78 is 0. The minimum atomic E-state index is -0.238. The maximum Gasteiger partial charge on any atom is 0.274 e. The molecule has 4 rings (SSSR count). The summed E-state index contributed by atoms with van der Waals surface area (Å²) in [5, 5.41) is 4.60. The van der Waals surface area contributed by atoms with Gasteiger partial charge in [-0.2, -0.15) is 0 Å². The number of likely N-dealkylation sites (N-methyl/N-ethyl adjacent to an activating group) is 1. The zero-order valence-corrected chi connectivity index (χ0v) is 15.9. The molecule has 138 valence electrons. The summed E-state index contributed by atoms with van der Waals surface area (Å²) in [6, 6.07) is 17.0. The number of benzene rings is 2. The van der Waals surface area contributed by atoms with E-state index < -0.39 is 0 Å². The largest absolute Gasteiger partial charge is 0.367 e. The maximum atomic E-state index is 12.8. The Bertz CT molecular complexity index is 983. The highest BCUT2D eigenvalue weighted by Gasteiger charge is 2.19. The van der Waals surface area contributed by atoms with Crippen LogP contribution in [0.15, 0.2) is 54.6 Å². The van der Waals surface area contributed by atoms with E-state index in [1.165, 1.54) is 0 Å². The van der Waals surface area contributed by atoms with Crippen molar-refractivity contribution in [1.82, 2.24) is 9.88 Å². The lowest BCUT2D eigenvalue weighted by atomic mass is 10.2. The van der Waals surface area contributed by atoms with Crippen LogP contribution in [0.25, 0.3) is 10.9 Å². The molecule has 0 radical (unpaired) electrons. The molecule has 2 aromatic carbocycles. The van der Waals surface area contributed by atoms with E-state index >= 15 is 0 Å². The number of piperazine rings is 1. The number of fused-ring (bicyclic) bond motifs is 1. The number of amides is 1. The summed E-state index contributed by atoms with van der Waals surface area (Å²) in [5.74, 6) is -0.238. The maximum absolute atomic E-state index is 12.8. The van der Waals surface area contributed by atoms with Gasteiger partial charge in [-0.3, -0.25) is 4.79 Å². The van der Waals surface area contributed by atoms with Crippen LogP contribution < -0.4 is 10.2 Å². The fourth-order valence-electron chi connectivity index (χ4n) is 3.31. The van der Waals surface area contributed by atoms with Gasteiger partial charge < -0.3 is 15.1 Å². The highest BCUT2D eigenvalue weighted by molar-refractivity contribution is 6.31. The fraction of sp³-hybridized carbons (Fsp3) is 0.238. The summed E-state index contributed by atoms with van der Waals surface area (Å²) in [6.45, 7) is 3.80. The standard InChI is InChI=1S/C21H21ClN4O/c1-25-10-12-26(13-11-25)20-9-7-16(22)14-19(20)24-21(27)18-8-6-15-4-2-3-5-17(15)23-18/h2-9,14H,10-13H2,1H3,(H,24,27). The number of aromatic nitrogens is 1. The molecule has 1 amide bonds. The zero-order valence-electron chi connectivity index (χ0n) is 15.2. The summed E-state index contributed by atoms with van der Waals surface area (Å²) in [5.41, 5.74) is 2.89. The number of carbonyl (C=O) groups is 1. The summed E-state index contributed by atoms with van der Waals surface area (Å²) in [4.78, 5) is 21.9. The molecule has 0 atom stereocenters. The van der Waals surface area contributed by atoms with E-state index in [0.29, 0.717) is 16.4 Å². The molecule has 6 heteroatoms. The Kier molecular flexibility index (Phi) is 4.97. The molecule has 0 unspecified atom stereocenters. The van der Waals surface area contributed by atoms with Gasteiger partial charge in [-0.1, -0.05) is 35.9 Å². The van der Waals surface area contributed by atoms with Crippen LogP contribution in [0, 0.1) is 0 Å². The van der Waals surface area contributed by atoms with Gasteiger partial charge >= 0.3 is 0 Å². The highest BCUT2D eigenvalue weighted by Crippen LogP contribution is 2.30.